The number of ether oxygens (including phenoxy) is 1. The molecule has 1 aliphatic heterocycles. The summed E-state index contributed by atoms with van der Waals surface area (Å²) in [5.41, 5.74) is 0.390. The molecule has 1 aliphatic rings. The van der Waals surface area contributed by atoms with Gasteiger partial charge in [0.2, 0.25) is 0 Å². The lowest BCUT2D eigenvalue weighted by Crippen LogP contribution is -2.31. The molecule has 1 heterocycles. The number of halogens is 1. The first-order valence-corrected chi connectivity index (χ1v) is 6.31. The Labute approximate surface area is 115 Å². The third kappa shape index (κ3) is 3.24. The largest absolute Gasteiger partial charge is 0.478 e. The van der Waals surface area contributed by atoms with Crippen molar-refractivity contribution in [2.75, 3.05) is 11.9 Å². The Morgan fingerprint density at radius 3 is 2.74 bits per heavy atom. The summed E-state index contributed by atoms with van der Waals surface area (Å²) >= 11 is 5.82. The van der Waals surface area contributed by atoms with Gasteiger partial charge < -0.3 is 15.2 Å². The molecule has 2 rings (SSSR count). The molecule has 0 radical (unpaired) electrons. The molecule has 2 N–H and O–H groups in total. The van der Waals surface area contributed by atoms with Crippen LogP contribution >= 0.6 is 11.6 Å². The first kappa shape index (κ1) is 13.8. The standard InChI is InChI=1S/C13H14ClNO4/c1-7-2-3-19-11(7)12(16)15-10-5-8(13(17)18)4-9(14)6-10/h4-7,11H,2-3H2,1H3,(H,15,16)(H,17,18). The summed E-state index contributed by atoms with van der Waals surface area (Å²) < 4.78 is 5.35. The minimum Gasteiger partial charge on any atom is -0.478 e. The van der Waals surface area contributed by atoms with Crippen molar-refractivity contribution in [3.63, 3.8) is 0 Å². The summed E-state index contributed by atoms with van der Waals surface area (Å²) in [6.07, 6.45) is 0.348. The van der Waals surface area contributed by atoms with Crippen LogP contribution in [0.25, 0.3) is 0 Å². The fourth-order valence-electron chi connectivity index (χ4n) is 2.03. The number of benzene rings is 1. The van der Waals surface area contributed by atoms with E-state index in [0.29, 0.717) is 12.3 Å². The normalized spacial score (nSPS) is 22.2. The summed E-state index contributed by atoms with van der Waals surface area (Å²) in [6.45, 7) is 2.51. The van der Waals surface area contributed by atoms with E-state index in [1.165, 1.54) is 18.2 Å². The van der Waals surface area contributed by atoms with Crippen molar-refractivity contribution in [1.82, 2.24) is 0 Å². The van der Waals surface area contributed by atoms with Gasteiger partial charge in [-0.05, 0) is 30.5 Å². The second-order valence-corrected chi connectivity index (χ2v) is 5.02. The Hall–Kier alpha value is -1.59. The number of rotatable bonds is 3. The topological polar surface area (TPSA) is 75.6 Å². The minimum absolute atomic E-state index is 0.0307. The Bertz CT molecular complexity index is 517. The van der Waals surface area contributed by atoms with Gasteiger partial charge in [0.15, 0.2) is 0 Å². The maximum absolute atomic E-state index is 12.0. The Kier molecular flexibility index (Phi) is 4.07. The van der Waals surface area contributed by atoms with Crippen LogP contribution in [0.1, 0.15) is 23.7 Å². The molecule has 2 atom stereocenters. The van der Waals surface area contributed by atoms with E-state index in [4.69, 9.17) is 21.4 Å². The zero-order valence-electron chi connectivity index (χ0n) is 10.4. The van der Waals surface area contributed by atoms with Crippen molar-refractivity contribution in [2.45, 2.75) is 19.4 Å². The van der Waals surface area contributed by atoms with Crippen LogP contribution in [0.15, 0.2) is 18.2 Å². The molecule has 19 heavy (non-hydrogen) atoms. The van der Waals surface area contributed by atoms with E-state index in [2.05, 4.69) is 5.32 Å². The van der Waals surface area contributed by atoms with Gasteiger partial charge >= 0.3 is 5.97 Å². The third-order valence-electron chi connectivity index (χ3n) is 3.06. The Morgan fingerprint density at radius 1 is 1.42 bits per heavy atom. The van der Waals surface area contributed by atoms with Gasteiger partial charge in [0.25, 0.3) is 5.91 Å². The lowest BCUT2D eigenvalue weighted by atomic mass is 10.0. The Balaban J connectivity index is 2.14. The predicted molar refractivity (Wildman–Crippen MR) is 70.6 cm³/mol. The number of carbonyl (C=O) groups excluding carboxylic acids is 1. The van der Waals surface area contributed by atoms with Crippen molar-refractivity contribution in [3.8, 4) is 0 Å². The average molecular weight is 284 g/mol. The van der Waals surface area contributed by atoms with Crippen LogP contribution in [0.4, 0.5) is 5.69 Å². The summed E-state index contributed by atoms with van der Waals surface area (Å²) in [5.74, 6) is -1.22. The second kappa shape index (κ2) is 5.59. The second-order valence-electron chi connectivity index (χ2n) is 4.58. The molecule has 0 bridgehead atoms. The highest BCUT2D eigenvalue weighted by Gasteiger charge is 2.30. The van der Waals surface area contributed by atoms with Gasteiger partial charge in [-0.2, -0.15) is 0 Å². The molecule has 1 fully saturated rings. The molecule has 0 saturated carbocycles. The predicted octanol–water partition coefficient (Wildman–Crippen LogP) is 2.40. The fraction of sp³-hybridized carbons (Fsp3) is 0.385. The van der Waals surface area contributed by atoms with Crippen molar-refractivity contribution in [1.29, 1.82) is 0 Å². The SMILES string of the molecule is CC1CCOC1C(=O)Nc1cc(Cl)cc(C(=O)O)c1. The van der Waals surface area contributed by atoms with Gasteiger partial charge in [-0.1, -0.05) is 18.5 Å². The van der Waals surface area contributed by atoms with E-state index in [9.17, 15) is 9.59 Å². The molecule has 1 aromatic carbocycles. The maximum Gasteiger partial charge on any atom is 0.335 e. The average Bonchev–Trinajstić information content (AvgIpc) is 2.74. The van der Waals surface area contributed by atoms with Crippen LogP contribution in [0.2, 0.25) is 5.02 Å². The lowest BCUT2D eigenvalue weighted by molar-refractivity contribution is -0.126. The van der Waals surface area contributed by atoms with Crippen molar-refractivity contribution in [2.24, 2.45) is 5.92 Å². The van der Waals surface area contributed by atoms with E-state index >= 15 is 0 Å². The van der Waals surface area contributed by atoms with Crippen molar-refractivity contribution >= 4 is 29.2 Å². The number of anilines is 1. The van der Waals surface area contributed by atoms with Crippen LogP contribution in [-0.2, 0) is 9.53 Å². The number of aromatic carboxylic acids is 1. The molecular formula is C13H14ClNO4. The summed E-state index contributed by atoms with van der Waals surface area (Å²) in [7, 11) is 0. The summed E-state index contributed by atoms with van der Waals surface area (Å²) in [4.78, 5) is 22.9. The van der Waals surface area contributed by atoms with E-state index < -0.39 is 12.1 Å². The highest BCUT2D eigenvalue weighted by Crippen LogP contribution is 2.23. The number of carboxylic acid groups (broad SMARTS) is 1. The number of carboxylic acids is 1. The van der Waals surface area contributed by atoms with Gasteiger partial charge in [-0.25, -0.2) is 4.79 Å². The summed E-state index contributed by atoms with van der Waals surface area (Å²) in [5, 5.41) is 11.8. The molecule has 0 aliphatic carbocycles. The van der Waals surface area contributed by atoms with E-state index in [-0.39, 0.29) is 22.4 Å². The van der Waals surface area contributed by atoms with E-state index in [0.717, 1.165) is 6.42 Å². The van der Waals surface area contributed by atoms with Crippen LogP contribution in [0.3, 0.4) is 0 Å². The first-order valence-electron chi connectivity index (χ1n) is 5.93. The van der Waals surface area contributed by atoms with Crippen molar-refractivity contribution in [3.05, 3.63) is 28.8 Å². The van der Waals surface area contributed by atoms with Crippen LogP contribution in [-0.4, -0.2) is 29.7 Å². The highest BCUT2D eigenvalue weighted by atomic mass is 35.5. The first-order chi connectivity index (χ1) is 8.97. The molecule has 1 amide bonds. The zero-order valence-corrected chi connectivity index (χ0v) is 11.1. The minimum atomic E-state index is -1.09. The highest BCUT2D eigenvalue weighted by molar-refractivity contribution is 6.31. The third-order valence-corrected chi connectivity index (χ3v) is 3.28. The Morgan fingerprint density at radius 2 is 2.16 bits per heavy atom. The van der Waals surface area contributed by atoms with Crippen LogP contribution < -0.4 is 5.32 Å². The monoisotopic (exact) mass is 283 g/mol. The molecule has 1 saturated heterocycles. The quantitative estimate of drug-likeness (QED) is 0.893. The van der Waals surface area contributed by atoms with E-state index in [1.807, 2.05) is 6.92 Å². The lowest BCUT2D eigenvalue weighted by Gasteiger charge is -2.14. The molecule has 0 aromatic heterocycles. The maximum atomic E-state index is 12.0. The van der Waals surface area contributed by atoms with Crippen molar-refractivity contribution < 1.29 is 19.4 Å². The van der Waals surface area contributed by atoms with Gasteiger partial charge in [-0.15, -0.1) is 0 Å². The molecule has 5 nitrogen and oxygen atoms in total. The number of amides is 1. The van der Waals surface area contributed by atoms with Gasteiger partial charge in [0.1, 0.15) is 6.10 Å². The molecule has 6 heteroatoms. The van der Waals surface area contributed by atoms with Crippen LogP contribution in [0, 0.1) is 5.92 Å². The molecule has 0 spiro atoms. The molecule has 1 aromatic rings. The van der Waals surface area contributed by atoms with E-state index in [1.54, 1.807) is 0 Å². The number of hydrogen-bond acceptors (Lipinski definition) is 3. The number of nitrogens with one attached hydrogen (secondary N) is 1. The smallest absolute Gasteiger partial charge is 0.335 e. The molecule has 102 valence electrons. The number of carbonyl (C=O) groups is 2. The van der Waals surface area contributed by atoms with Gasteiger partial charge in [-0.3, -0.25) is 4.79 Å². The molecule has 2 unspecified atom stereocenters. The summed E-state index contributed by atoms with van der Waals surface area (Å²) in [6, 6.07) is 4.20. The van der Waals surface area contributed by atoms with Gasteiger partial charge in [0, 0.05) is 17.3 Å². The zero-order chi connectivity index (χ0) is 14.0. The van der Waals surface area contributed by atoms with Crippen LogP contribution in [0.5, 0.6) is 0 Å². The number of hydrogen-bond donors (Lipinski definition) is 2. The fourth-order valence-corrected chi connectivity index (χ4v) is 2.26. The van der Waals surface area contributed by atoms with Gasteiger partial charge in [0.05, 0.1) is 5.56 Å². The molecular weight excluding hydrogens is 270 g/mol.